The van der Waals surface area contributed by atoms with Gasteiger partial charge < -0.3 is 16.2 Å². The number of carbonyl (C=O) groups excluding carboxylic acids is 1. The molecule has 1 amide bonds. The fourth-order valence-electron chi connectivity index (χ4n) is 2.07. The predicted molar refractivity (Wildman–Crippen MR) is 84.4 cm³/mol. The van der Waals surface area contributed by atoms with Crippen molar-refractivity contribution in [3.63, 3.8) is 0 Å². The van der Waals surface area contributed by atoms with Crippen molar-refractivity contribution in [3.8, 4) is 0 Å². The quantitative estimate of drug-likeness (QED) is 0.742. The molecule has 0 aliphatic rings. The van der Waals surface area contributed by atoms with Gasteiger partial charge in [0.2, 0.25) is 0 Å². The van der Waals surface area contributed by atoms with E-state index in [2.05, 4.69) is 5.32 Å². The molecule has 0 fully saturated rings. The third-order valence-electron chi connectivity index (χ3n) is 3.06. The van der Waals surface area contributed by atoms with E-state index in [0.29, 0.717) is 22.7 Å². The molecule has 0 saturated heterocycles. The van der Waals surface area contributed by atoms with Crippen LogP contribution in [0, 0.1) is 0 Å². The molecule has 2 aromatic carbocycles. The van der Waals surface area contributed by atoms with Gasteiger partial charge in [-0.3, -0.25) is 4.79 Å². The van der Waals surface area contributed by atoms with Crippen LogP contribution in [0.15, 0.2) is 48.5 Å². The molecule has 4 nitrogen and oxygen atoms in total. The van der Waals surface area contributed by atoms with Crippen LogP contribution in [-0.2, 0) is 6.42 Å². The number of nitrogen functional groups attached to an aromatic ring is 1. The van der Waals surface area contributed by atoms with E-state index >= 15 is 0 Å². The molecule has 0 aliphatic carbocycles. The Kier molecular flexibility index (Phi) is 5.20. The summed E-state index contributed by atoms with van der Waals surface area (Å²) < 4.78 is 0. The largest absolute Gasteiger partial charge is 0.399 e. The zero-order chi connectivity index (χ0) is 15.2. The van der Waals surface area contributed by atoms with E-state index in [1.165, 1.54) is 0 Å². The molecule has 0 spiro atoms. The fourth-order valence-corrected chi connectivity index (χ4v) is 2.32. The Morgan fingerprint density at radius 2 is 1.95 bits per heavy atom. The molecule has 0 unspecified atom stereocenters. The van der Waals surface area contributed by atoms with Crippen molar-refractivity contribution < 1.29 is 9.90 Å². The van der Waals surface area contributed by atoms with Crippen LogP contribution in [0.25, 0.3) is 0 Å². The summed E-state index contributed by atoms with van der Waals surface area (Å²) in [5, 5.41) is 12.6. The number of hydrogen-bond donors (Lipinski definition) is 3. The summed E-state index contributed by atoms with van der Waals surface area (Å²) in [5.41, 5.74) is 7.52. The number of aliphatic hydroxyl groups is 1. The molecule has 0 heterocycles. The average molecular weight is 305 g/mol. The third-order valence-corrected chi connectivity index (χ3v) is 3.28. The number of rotatable bonds is 5. The summed E-state index contributed by atoms with van der Waals surface area (Å²) in [6.07, 6.45) is 0.555. The van der Waals surface area contributed by atoms with Crippen molar-refractivity contribution in [1.82, 2.24) is 5.32 Å². The minimum absolute atomic E-state index is 0.142. The normalized spacial score (nSPS) is 11.9. The lowest BCUT2D eigenvalue weighted by Crippen LogP contribution is -2.39. The molecule has 21 heavy (non-hydrogen) atoms. The number of nitrogens with one attached hydrogen (secondary N) is 1. The van der Waals surface area contributed by atoms with E-state index in [4.69, 9.17) is 17.3 Å². The van der Waals surface area contributed by atoms with Crippen LogP contribution in [0.1, 0.15) is 15.9 Å². The first-order valence-corrected chi connectivity index (χ1v) is 6.98. The Balaban J connectivity index is 2.05. The van der Waals surface area contributed by atoms with E-state index < -0.39 is 0 Å². The van der Waals surface area contributed by atoms with Gasteiger partial charge in [0.25, 0.3) is 5.91 Å². The highest BCUT2D eigenvalue weighted by Crippen LogP contribution is 2.16. The Bertz CT molecular complexity index is 597. The summed E-state index contributed by atoms with van der Waals surface area (Å²) in [7, 11) is 0. The average Bonchev–Trinajstić information content (AvgIpc) is 2.46. The highest BCUT2D eigenvalue weighted by molar-refractivity contribution is 6.31. The van der Waals surface area contributed by atoms with Crippen molar-refractivity contribution in [2.24, 2.45) is 0 Å². The molecule has 4 N–H and O–H groups in total. The SMILES string of the molecule is Nc1cc(Cl)cc(C(=O)N[C@H](CO)Cc2ccccc2)c1. The minimum atomic E-state index is -0.361. The highest BCUT2D eigenvalue weighted by Gasteiger charge is 2.14. The van der Waals surface area contributed by atoms with Gasteiger partial charge in [-0.05, 0) is 30.2 Å². The molecular formula is C16H17ClN2O2. The summed E-state index contributed by atoms with van der Waals surface area (Å²) in [5.74, 6) is -0.306. The molecule has 1 atom stereocenters. The maximum absolute atomic E-state index is 12.2. The van der Waals surface area contributed by atoms with Gasteiger partial charge in [-0.2, -0.15) is 0 Å². The van der Waals surface area contributed by atoms with Gasteiger partial charge in [-0.15, -0.1) is 0 Å². The molecule has 0 saturated carbocycles. The van der Waals surface area contributed by atoms with Crippen LogP contribution < -0.4 is 11.1 Å². The Labute approximate surface area is 128 Å². The second-order valence-electron chi connectivity index (χ2n) is 4.82. The summed E-state index contributed by atoms with van der Waals surface area (Å²) in [4.78, 5) is 12.2. The number of nitrogens with two attached hydrogens (primary N) is 1. The Morgan fingerprint density at radius 3 is 2.57 bits per heavy atom. The van der Waals surface area contributed by atoms with E-state index in [-0.39, 0.29) is 18.6 Å². The molecule has 2 rings (SSSR count). The first-order chi connectivity index (χ1) is 10.1. The van der Waals surface area contributed by atoms with Crippen molar-refractivity contribution in [3.05, 3.63) is 64.7 Å². The third kappa shape index (κ3) is 4.48. The second-order valence-corrected chi connectivity index (χ2v) is 5.25. The summed E-state index contributed by atoms with van der Waals surface area (Å²) in [6.45, 7) is -0.142. The van der Waals surface area contributed by atoms with Gasteiger partial charge in [-0.1, -0.05) is 41.9 Å². The second kappa shape index (κ2) is 7.11. The van der Waals surface area contributed by atoms with Gasteiger partial charge in [0.05, 0.1) is 12.6 Å². The van der Waals surface area contributed by atoms with E-state index in [1.807, 2.05) is 30.3 Å². The first-order valence-electron chi connectivity index (χ1n) is 6.60. The highest BCUT2D eigenvalue weighted by atomic mass is 35.5. The van der Waals surface area contributed by atoms with Crippen LogP contribution >= 0.6 is 11.6 Å². The maximum atomic E-state index is 12.2. The topological polar surface area (TPSA) is 75.4 Å². The van der Waals surface area contributed by atoms with Gasteiger partial charge >= 0.3 is 0 Å². The molecule has 0 aromatic heterocycles. The predicted octanol–water partition coefficient (Wildman–Crippen LogP) is 2.26. The smallest absolute Gasteiger partial charge is 0.251 e. The number of hydrogen-bond acceptors (Lipinski definition) is 3. The Hall–Kier alpha value is -2.04. The number of anilines is 1. The maximum Gasteiger partial charge on any atom is 0.251 e. The zero-order valence-corrected chi connectivity index (χ0v) is 12.2. The molecule has 0 bridgehead atoms. The lowest BCUT2D eigenvalue weighted by molar-refractivity contribution is 0.0916. The molecular weight excluding hydrogens is 288 g/mol. The molecule has 0 radical (unpaired) electrons. The molecule has 110 valence electrons. The zero-order valence-electron chi connectivity index (χ0n) is 11.4. The Morgan fingerprint density at radius 1 is 1.24 bits per heavy atom. The lowest BCUT2D eigenvalue weighted by Gasteiger charge is -2.16. The lowest BCUT2D eigenvalue weighted by atomic mass is 10.1. The number of carbonyl (C=O) groups is 1. The standard InChI is InChI=1S/C16H17ClN2O2/c17-13-7-12(8-14(18)9-13)16(21)19-15(10-20)6-11-4-2-1-3-5-11/h1-5,7-9,15,20H,6,10,18H2,(H,19,21)/t15-/m0/s1. The fraction of sp³-hybridized carbons (Fsp3) is 0.188. The van der Waals surface area contributed by atoms with E-state index in [1.54, 1.807) is 18.2 Å². The molecule has 2 aromatic rings. The van der Waals surface area contributed by atoms with Gasteiger partial charge in [0.15, 0.2) is 0 Å². The minimum Gasteiger partial charge on any atom is -0.399 e. The van der Waals surface area contributed by atoms with Gasteiger partial charge in [-0.25, -0.2) is 0 Å². The number of halogens is 1. The van der Waals surface area contributed by atoms with Crippen molar-refractivity contribution in [2.75, 3.05) is 12.3 Å². The van der Waals surface area contributed by atoms with Gasteiger partial charge in [0.1, 0.15) is 0 Å². The number of amides is 1. The number of benzene rings is 2. The molecule has 0 aliphatic heterocycles. The van der Waals surface area contributed by atoms with Crippen LogP contribution in [0.2, 0.25) is 5.02 Å². The van der Waals surface area contributed by atoms with Gasteiger partial charge in [0, 0.05) is 16.3 Å². The van der Waals surface area contributed by atoms with Crippen molar-refractivity contribution >= 4 is 23.2 Å². The van der Waals surface area contributed by atoms with Crippen LogP contribution in [-0.4, -0.2) is 23.7 Å². The monoisotopic (exact) mass is 304 g/mol. The molecule has 5 heteroatoms. The van der Waals surface area contributed by atoms with E-state index in [9.17, 15) is 9.90 Å². The van der Waals surface area contributed by atoms with Crippen LogP contribution in [0.5, 0.6) is 0 Å². The van der Waals surface area contributed by atoms with Crippen molar-refractivity contribution in [2.45, 2.75) is 12.5 Å². The number of aliphatic hydroxyl groups excluding tert-OH is 1. The first kappa shape index (κ1) is 15.4. The van der Waals surface area contributed by atoms with Crippen LogP contribution in [0.4, 0.5) is 5.69 Å². The summed E-state index contributed by atoms with van der Waals surface area (Å²) in [6, 6.07) is 14.0. The summed E-state index contributed by atoms with van der Waals surface area (Å²) >= 11 is 5.89. The van der Waals surface area contributed by atoms with E-state index in [0.717, 1.165) is 5.56 Å². The van der Waals surface area contributed by atoms with Crippen molar-refractivity contribution in [1.29, 1.82) is 0 Å². The van der Waals surface area contributed by atoms with Crippen LogP contribution in [0.3, 0.4) is 0 Å².